The molecule has 27 heavy (non-hydrogen) atoms. The molecule has 1 saturated heterocycles. The summed E-state index contributed by atoms with van der Waals surface area (Å²) in [6.07, 6.45) is 4.43. The van der Waals surface area contributed by atoms with E-state index in [9.17, 15) is 9.59 Å². The van der Waals surface area contributed by atoms with Crippen molar-refractivity contribution in [2.45, 2.75) is 25.3 Å². The molecule has 0 bridgehead atoms. The normalized spacial score (nSPS) is 17.6. The molecule has 2 N–H and O–H groups in total. The molecule has 2 amide bonds. The number of rotatable bonds is 5. The molecule has 8 nitrogen and oxygen atoms in total. The maximum Gasteiger partial charge on any atom is 0.252 e. The topological polar surface area (TPSA) is 92.2 Å². The van der Waals surface area contributed by atoms with Crippen molar-refractivity contribution in [1.29, 1.82) is 0 Å². The number of anilines is 1. The van der Waals surface area contributed by atoms with Crippen molar-refractivity contribution in [3.8, 4) is 0 Å². The second-order valence-corrected chi connectivity index (χ2v) is 7.41. The van der Waals surface area contributed by atoms with Gasteiger partial charge in [0.2, 0.25) is 5.91 Å². The largest absolute Gasteiger partial charge is 0.350 e. The zero-order valence-electron chi connectivity index (χ0n) is 15.0. The molecule has 2 aromatic rings. The highest BCUT2D eigenvalue weighted by molar-refractivity contribution is 6.34. The summed E-state index contributed by atoms with van der Waals surface area (Å²) < 4.78 is 1.67. The third-order valence-electron chi connectivity index (χ3n) is 5.06. The summed E-state index contributed by atoms with van der Waals surface area (Å²) in [4.78, 5) is 26.6. The molecule has 0 radical (unpaired) electrons. The lowest BCUT2D eigenvalue weighted by Gasteiger charge is -2.26. The number of amides is 2. The highest BCUT2D eigenvalue weighted by Crippen LogP contribution is 2.30. The summed E-state index contributed by atoms with van der Waals surface area (Å²) in [5, 5.41) is 14.3. The summed E-state index contributed by atoms with van der Waals surface area (Å²) >= 11 is 6.27. The molecule has 142 valence electrons. The van der Waals surface area contributed by atoms with Crippen LogP contribution in [0.1, 0.15) is 40.5 Å². The van der Waals surface area contributed by atoms with Crippen molar-refractivity contribution < 1.29 is 9.59 Å². The van der Waals surface area contributed by atoms with Gasteiger partial charge in [-0.05, 0) is 43.6 Å². The average molecular weight is 389 g/mol. The molecule has 2 aliphatic rings. The van der Waals surface area contributed by atoms with Crippen LogP contribution in [-0.2, 0) is 18.3 Å². The fourth-order valence-corrected chi connectivity index (χ4v) is 3.95. The minimum atomic E-state index is -0.254. The van der Waals surface area contributed by atoms with Gasteiger partial charge in [0, 0.05) is 25.5 Å². The molecule has 0 saturated carbocycles. The number of halogens is 1. The molecule has 4 rings (SSSR count). The SMILES string of the molecule is Cn1cc(C(CNC(=O)c2cc3c(cc2Cl)NC(=O)C3)N2CCCC2)nn1. The van der Waals surface area contributed by atoms with Crippen LogP contribution in [0.15, 0.2) is 18.3 Å². The number of fused-ring (bicyclic) bond motifs is 1. The van der Waals surface area contributed by atoms with Crippen molar-refractivity contribution in [2.75, 3.05) is 25.0 Å². The van der Waals surface area contributed by atoms with E-state index >= 15 is 0 Å². The number of hydrogen-bond donors (Lipinski definition) is 2. The van der Waals surface area contributed by atoms with Gasteiger partial charge in [0.25, 0.3) is 5.91 Å². The van der Waals surface area contributed by atoms with Crippen molar-refractivity contribution in [1.82, 2.24) is 25.2 Å². The number of aryl methyl sites for hydroxylation is 1. The number of carbonyl (C=O) groups excluding carboxylic acids is 2. The van der Waals surface area contributed by atoms with Crippen LogP contribution in [0.4, 0.5) is 5.69 Å². The standard InChI is InChI=1S/C18H21ClN6O2/c1-24-10-15(22-23-24)16(25-4-2-3-5-25)9-20-18(27)12-6-11-7-17(26)21-14(11)8-13(12)19/h6,8,10,16H,2-5,7,9H2,1H3,(H,20,27)(H,21,26). The zero-order chi connectivity index (χ0) is 19.0. The number of likely N-dealkylation sites (tertiary alicyclic amines) is 1. The molecule has 3 heterocycles. The molecule has 0 spiro atoms. The van der Waals surface area contributed by atoms with Gasteiger partial charge in [-0.1, -0.05) is 16.8 Å². The van der Waals surface area contributed by atoms with Gasteiger partial charge in [0.05, 0.1) is 23.0 Å². The van der Waals surface area contributed by atoms with Crippen LogP contribution in [0, 0.1) is 0 Å². The lowest BCUT2D eigenvalue weighted by Crippen LogP contribution is -2.37. The van der Waals surface area contributed by atoms with Crippen LogP contribution in [-0.4, -0.2) is 51.3 Å². The van der Waals surface area contributed by atoms with Crippen LogP contribution in [0.25, 0.3) is 0 Å². The summed E-state index contributed by atoms with van der Waals surface area (Å²) in [7, 11) is 1.83. The summed E-state index contributed by atoms with van der Waals surface area (Å²) in [5.74, 6) is -0.342. The van der Waals surface area contributed by atoms with Gasteiger partial charge < -0.3 is 10.6 Å². The smallest absolute Gasteiger partial charge is 0.252 e. The summed E-state index contributed by atoms with van der Waals surface area (Å²) in [6, 6.07) is 3.30. The Balaban J connectivity index is 1.50. The third-order valence-corrected chi connectivity index (χ3v) is 5.37. The first kappa shape index (κ1) is 17.9. The quantitative estimate of drug-likeness (QED) is 0.810. The molecule has 1 aromatic heterocycles. The maximum atomic E-state index is 12.7. The molecular formula is C18H21ClN6O2. The Hall–Kier alpha value is -2.45. The fraction of sp³-hybridized carbons (Fsp3) is 0.444. The Kier molecular flexibility index (Phi) is 4.84. The molecular weight excluding hydrogens is 368 g/mol. The number of aromatic nitrogens is 3. The summed E-state index contributed by atoms with van der Waals surface area (Å²) in [6.45, 7) is 2.37. The number of nitrogens with one attached hydrogen (secondary N) is 2. The number of carbonyl (C=O) groups is 2. The van der Waals surface area contributed by atoms with E-state index in [0.717, 1.165) is 37.2 Å². The first-order chi connectivity index (χ1) is 13.0. The second-order valence-electron chi connectivity index (χ2n) is 7.00. The van der Waals surface area contributed by atoms with E-state index in [0.29, 0.717) is 22.8 Å². The number of hydrogen-bond acceptors (Lipinski definition) is 5. The first-order valence-corrected chi connectivity index (χ1v) is 9.40. The Bertz CT molecular complexity index is 890. The van der Waals surface area contributed by atoms with Crippen molar-refractivity contribution in [3.63, 3.8) is 0 Å². The van der Waals surface area contributed by atoms with Crippen LogP contribution < -0.4 is 10.6 Å². The predicted molar refractivity (Wildman–Crippen MR) is 101 cm³/mol. The van der Waals surface area contributed by atoms with Gasteiger partial charge in [-0.3, -0.25) is 19.2 Å². The Morgan fingerprint density at radius 3 is 2.85 bits per heavy atom. The van der Waals surface area contributed by atoms with Crippen LogP contribution in [0.2, 0.25) is 5.02 Å². The van der Waals surface area contributed by atoms with E-state index in [1.165, 1.54) is 0 Å². The van der Waals surface area contributed by atoms with Gasteiger partial charge in [0.1, 0.15) is 5.69 Å². The highest BCUT2D eigenvalue weighted by Gasteiger charge is 2.27. The molecule has 9 heteroatoms. The van der Waals surface area contributed by atoms with Crippen LogP contribution >= 0.6 is 11.6 Å². The minimum Gasteiger partial charge on any atom is -0.350 e. The van der Waals surface area contributed by atoms with Crippen LogP contribution in [0.3, 0.4) is 0 Å². The van der Waals surface area contributed by atoms with Crippen LogP contribution in [0.5, 0.6) is 0 Å². The Morgan fingerprint density at radius 2 is 2.15 bits per heavy atom. The van der Waals surface area contributed by atoms with Gasteiger partial charge in [-0.15, -0.1) is 5.10 Å². The molecule has 2 aliphatic heterocycles. The number of nitrogens with zero attached hydrogens (tertiary/aromatic N) is 4. The summed E-state index contributed by atoms with van der Waals surface area (Å²) in [5.41, 5.74) is 2.69. The van der Waals surface area contributed by atoms with E-state index in [-0.39, 0.29) is 24.3 Å². The fourth-order valence-electron chi connectivity index (χ4n) is 3.70. The zero-order valence-corrected chi connectivity index (χ0v) is 15.8. The van der Waals surface area contributed by atoms with E-state index in [4.69, 9.17) is 11.6 Å². The maximum absolute atomic E-state index is 12.7. The minimum absolute atomic E-state index is 0.0263. The van der Waals surface area contributed by atoms with Gasteiger partial charge in [-0.25, -0.2) is 0 Å². The third kappa shape index (κ3) is 3.68. The first-order valence-electron chi connectivity index (χ1n) is 9.02. The highest BCUT2D eigenvalue weighted by atomic mass is 35.5. The molecule has 1 unspecified atom stereocenters. The molecule has 0 aliphatic carbocycles. The Labute approximate surface area is 161 Å². The van der Waals surface area contributed by atoms with Crippen molar-refractivity contribution >= 4 is 29.1 Å². The molecule has 1 atom stereocenters. The average Bonchev–Trinajstić information content (AvgIpc) is 3.35. The van der Waals surface area contributed by atoms with Gasteiger partial charge in [-0.2, -0.15) is 0 Å². The Morgan fingerprint density at radius 1 is 1.37 bits per heavy atom. The van der Waals surface area contributed by atoms with E-state index in [1.807, 2.05) is 13.2 Å². The van der Waals surface area contributed by atoms with E-state index in [2.05, 4.69) is 25.8 Å². The van der Waals surface area contributed by atoms with Gasteiger partial charge in [0.15, 0.2) is 0 Å². The molecule has 1 fully saturated rings. The van der Waals surface area contributed by atoms with Crippen molar-refractivity contribution in [3.05, 3.63) is 40.2 Å². The molecule has 1 aromatic carbocycles. The lowest BCUT2D eigenvalue weighted by atomic mass is 10.1. The monoisotopic (exact) mass is 388 g/mol. The lowest BCUT2D eigenvalue weighted by molar-refractivity contribution is -0.115. The predicted octanol–water partition coefficient (Wildman–Crippen LogP) is 1.53. The number of benzene rings is 1. The second kappa shape index (κ2) is 7.28. The van der Waals surface area contributed by atoms with E-state index < -0.39 is 0 Å². The van der Waals surface area contributed by atoms with E-state index in [1.54, 1.807) is 16.8 Å². The van der Waals surface area contributed by atoms with Gasteiger partial charge >= 0.3 is 0 Å². The van der Waals surface area contributed by atoms with Crippen molar-refractivity contribution in [2.24, 2.45) is 7.05 Å².